The van der Waals surface area contributed by atoms with Crippen LogP contribution < -0.4 is 14.2 Å². The second-order valence-electron chi connectivity index (χ2n) is 5.69. The molecule has 23 heavy (non-hydrogen) atoms. The molecule has 0 aromatic heterocycles. The highest BCUT2D eigenvalue weighted by Gasteiger charge is 2.25. The lowest BCUT2D eigenvalue weighted by Crippen LogP contribution is -2.32. The molecule has 0 saturated carbocycles. The zero-order valence-corrected chi connectivity index (χ0v) is 13.5. The molecule has 2 rings (SSSR count). The molecule has 0 spiro atoms. The summed E-state index contributed by atoms with van der Waals surface area (Å²) in [5.41, 5.74) is 0. The fourth-order valence-electron chi connectivity index (χ4n) is 1.70. The van der Waals surface area contributed by atoms with Crippen molar-refractivity contribution in [1.82, 2.24) is 0 Å². The van der Waals surface area contributed by atoms with E-state index in [2.05, 4.69) is 0 Å². The smallest absolute Gasteiger partial charge is 0.454 e. The molecule has 0 N–H and O–H groups in total. The Balaban J connectivity index is 1.95. The fraction of sp³-hybridized carbons (Fsp3) is 0.500. The fourth-order valence-corrected chi connectivity index (χ4v) is 1.70. The van der Waals surface area contributed by atoms with Crippen LogP contribution in [0.1, 0.15) is 27.7 Å². The van der Waals surface area contributed by atoms with Crippen LogP contribution in [0.5, 0.6) is 17.2 Å². The highest BCUT2D eigenvalue weighted by molar-refractivity contribution is 5.72. The Morgan fingerprint density at radius 1 is 1.04 bits per heavy atom. The molecule has 1 aromatic carbocycles. The van der Waals surface area contributed by atoms with Crippen molar-refractivity contribution in [3.8, 4) is 17.2 Å². The average molecular weight is 324 g/mol. The number of hydrogen-bond acceptors (Lipinski definition) is 7. The van der Waals surface area contributed by atoms with Crippen LogP contribution in [0.15, 0.2) is 18.2 Å². The summed E-state index contributed by atoms with van der Waals surface area (Å²) in [6, 6.07) is 4.71. The van der Waals surface area contributed by atoms with Crippen LogP contribution >= 0.6 is 0 Å². The summed E-state index contributed by atoms with van der Waals surface area (Å²) in [4.78, 5) is 23.5. The minimum absolute atomic E-state index is 0.129. The zero-order valence-electron chi connectivity index (χ0n) is 13.5. The van der Waals surface area contributed by atoms with Gasteiger partial charge in [-0.3, -0.25) is 4.79 Å². The summed E-state index contributed by atoms with van der Waals surface area (Å²) < 4.78 is 25.7. The lowest BCUT2D eigenvalue weighted by molar-refractivity contribution is -0.180. The molecule has 1 aromatic rings. The van der Waals surface area contributed by atoms with E-state index in [0.29, 0.717) is 11.5 Å². The first-order valence-electron chi connectivity index (χ1n) is 7.35. The number of ether oxygens (including phenoxy) is 5. The van der Waals surface area contributed by atoms with Gasteiger partial charge >= 0.3 is 12.1 Å². The van der Waals surface area contributed by atoms with Gasteiger partial charge in [-0.15, -0.1) is 0 Å². The topological polar surface area (TPSA) is 80.3 Å². The summed E-state index contributed by atoms with van der Waals surface area (Å²) in [6.07, 6.45) is -1.97. The number of esters is 1. The van der Waals surface area contributed by atoms with Crippen molar-refractivity contribution in [2.45, 2.75) is 34.0 Å². The highest BCUT2D eigenvalue weighted by Crippen LogP contribution is 2.35. The van der Waals surface area contributed by atoms with E-state index in [-0.39, 0.29) is 24.4 Å². The van der Waals surface area contributed by atoms with Gasteiger partial charge in [-0.2, -0.15) is 0 Å². The van der Waals surface area contributed by atoms with Crippen molar-refractivity contribution >= 4 is 12.1 Å². The zero-order chi connectivity index (χ0) is 17.0. The Bertz CT molecular complexity index is 580. The first-order valence-corrected chi connectivity index (χ1v) is 7.35. The molecule has 0 bridgehead atoms. The van der Waals surface area contributed by atoms with Crippen LogP contribution in [0.3, 0.4) is 0 Å². The number of carbonyl (C=O) groups is 2. The number of rotatable bonds is 5. The van der Waals surface area contributed by atoms with Crippen molar-refractivity contribution in [2.24, 2.45) is 11.8 Å². The Morgan fingerprint density at radius 3 is 2.39 bits per heavy atom. The second kappa shape index (κ2) is 7.21. The van der Waals surface area contributed by atoms with Crippen LogP contribution in [-0.2, 0) is 14.3 Å². The SMILES string of the molecule is CC(C)C(=O)O[C@@H](OC(=O)Oc1ccc2c(c1)OCO2)C(C)C. The van der Waals surface area contributed by atoms with Crippen molar-refractivity contribution < 1.29 is 33.3 Å². The molecule has 1 aliphatic heterocycles. The molecule has 0 aliphatic carbocycles. The van der Waals surface area contributed by atoms with Crippen molar-refractivity contribution in [3.05, 3.63) is 18.2 Å². The molecule has 126 valence electrons. The maximum absolute atomic E-state index is 11.9. The summed E-state index contributed by atoms with van der Waals surface area (Å²) in [5.74, 6) is 0.349. The van der Waals surface area contributed by atoms with Crippen LogP contribution in [0, 0.1) is 11.8 Å². The first-order chi connectivity index (χ1) is 10.9. The predicted molar refractivity (Wildman–Crippen MR) is 79.2 cm³/mol. The Labute approximate surface area is 134 Å². The molecule has 0 radical (unpaired) electrons. The van der Waals surface area contributed by atoms with Gasteiger partial charge in [-0.1, -0.05) is 27.7 Å². The molecular weight excluding hydrogens is 304 g/mol. The summed E-state index contributed by atoms with van der Waals surface area (Å²) in [6.45, 7) is 7.07. The third-order valence-electron chi connectivity index (χ3n) is 3.01. The number of hydrogen-bond donors (Lipinski definition) is 0. The van der Waals surface area contributed by atoms with E-state index in [1.807, 2.05) is 0 Å². The van der Waals surface area contributed by atoms with Gasteiger partial charge in [-0.05, 0) is 12.1 Å². The number of benzene rings is 1. The molecule has 0 unspecified atom stereocenters. The highest BCUT2D eigenvalue weighted by atomic mass is 16.8. The number of fused-ring (bicyclic) bond motifs is 1. The third kappa shape index (κ3) is 4.51. The largest absolute Gasteiger partial charge is 0.516 e. The van der Waals surface area contributed by atoms with Gasteiger partial charge in [0.25, 0.3) is 6.29 Å². The van der Waals surface area contributed by atoms with Crippen molar-refractivity contribution in [2.75, 3.05) is 6.79 Å². The van der Waals surface area contributed by atoms with Gasteiger partial charge in [0.05, 0.1) is 5.92 Å². The molecular formula is C16H20O7. The Kier molecular flexibility index (Phi) is 5.31. The summed E-state index contributed by atoms with van der Waals surface area (Å²) in [5, 5.41) is 0. The quantitative estimate of drug-likeness (QED) is 0.467. The van der Waals surface area contributed by atoms with Gasteiger partial charge in [0.2, 0.25) is 6.79 Å². The van der Waals surface area contributed by atoms with Gasteiger partial charge in [0.1, 0.15) is 5.75 Å². The molecule has 0 amide bonds. The average Bonchev–Trinajstić information content (AvgIpc) is 2.93. The Hall–Kier alpha value is -2.44. The summed E-state index contributed by atoms with van der Waals surface area (Å²) in [7, 11) is 0. The minimum atomic E-state index is -1.01. The molecule has 0 saturated heterocycles. The van der Waals surface area contributed by atoms with E-state index < -0.39 is 18.4 Å². The van der Waals surface area contributed by atoms with Crippen LogP contribution in [-0.4, -0.2) is 25.2 Å². The van der Waals surface area contributed by atoms with E-state index in [9.17, 15) is 9.59 Å². The van der Waals surface area contributed by atoms with Crippen LogP contribution in [0.4, 0.5) is 4.79 Å². The lowest BCUT2D eigenvalue weighted by atomic mass is 10.2. The standard InChI is InChI=1S/C16H20O7/c1-9(2)14(17)22-15(10(3)4)23-16(18)21-11-5-6-12-13(7-11)20-8-19-12/h5-7,9-10,15H,8H2,1-4H3/t15-/m0/s1. The predicted octanol–water partition coefficient (Wildman–Crippen LogP) is 3.11. The van der Waals surface area contributed by atoms with E-state index in [0.717, 1.165) is 0 Å². The first kappa shape index (κ1) is 16.9. The lowest BCUT2D eigenvalue weighted by Gasteiger charge is -2.21. The van der Waals surface area contributed by atoms with Gasteiger partial charge in [0, 0.05) is 12.0 Å². The van der Waals surface area contributed by atoms with Gasteiger partial charge in [0.15, 0.2) is 11.5 Å². The number of carbonyl (C=O) groups excluding carboxylic acids is 2. The molecule has 1 aliphatic rings. The maximum atomic E-state index is 11.9. The van der Waals surface area contributed by atoms with E-state index in [1.54, 1.807) is 39.8 Å². The molecule has 7 nitrogen and oxygen atoms in total. The minimum Gasteiger partial charge on any atom is -0.454 e. The van der Waals surface area contributed by atoms with Crippen LogP contribution in [0.2, 0.25) is 0 Å². The van der Waals surface area contributed by atoms with Crippen LogP contribution in [0.25, 0.3) is 0 Å². The van der Waals surface area contributed by atoms with Gasteiger partial charge in [-0.25, -0.2) is 4.79 Å². The molecule has 1 heterocycles. The van der Waals surface area contributed by atoms with Crippen molar-refractivity contribution in [3.63, 3.8) is 0 Å². The normalized spacial score (nSPS) is 13.8. The Morgan fingerprint density at radius 2 is 1.74 bits per heavy atom. The van der Waals surface area contributed by atoms with E-state index in [1.165, 1.54) is 6.07 Å². The second-order valence-corrected chi connectivity index (χ2v) is 5.69. The monoisotopic (exact) mass is 324 g/mol. The van der Waals surface area contributed by atoms with E-state index in [4.69, 9.17) is 23.7 Å². The van der Waals surface area contributed by atoms with E-state index >= 15 is 0 Å². The van der Waals surface area contributed by atoms with Gasteiger partial charge < -0.3 is 23.7 Å². The molecule has 1 atom stereocenters. The molecule has 0 fully saturated rings. The maximum Gasteiger partial charge on any atom is 0.516 e. The molecule has 7 heteroatoms. The summed E-state index contributed by atoms with van der Waals surface area (Å²) >= 11 is 0. The van der Waals surface area contributed by atoms with Crippen molar-refractivity contribution in [1.29, 1.82) is 0 Å². The third-order valence-corrected chi connectivity index (χ3v) is 3.01.